The van der Waals surface area contributed by atoms with Gasteiger partial charge in [-0.15, -0.1) is 0 Å². The number of nitrogens with zero attached hydrogens (tertiary/aromatic N) is 2. The number of carbonyl (C=O) groups is 1. The molecule has 5 heteroatoms. The van der Waals surface area contributed by atoms with Crippen LogP contribution in [-0.2, 0) is 0 Å². The number of nitrogens with one attached hydrogen (secondary N) is 2. The quantitative estimate of drug-likeness (QED) is 0.753. The van der Waals surface area contributed by atoms with E-state index in [-0.39, 0.29) is 11.8 Å². The molecule has 0 fully saturated rings. The molecule has 0 saturated carbocycles. The number of hydrogen-bond acceptors (Lipinski definition) is 4. The van der Waals surface area contributed by atoms with Gasteiger partial charge in [0.25, 0.3) is 5.91 Å². The van der Waals surface area contributed by atoms with E-state index in [0.29, 0.717) is 29.7 Å². The van der Waals surface area contributed by atoms with E-state index < -0.39 is 0 Å². The van der Waals surface area contributed by atoms with Gasteiger partial charge in [0.15, 0.2) is 5.69 Å². The van der Waals surface area contributed by atoms with Crippen LogP contribution >= 0.6 is 0 Å². The lowest BCUT2D eigenvalue weighted by atomic mass is 10.1. The first kappa shape index (κ1) is 16.4. The highest BCUT2D eigenvalue weighted by Gasteiger charge is 2.15. The molecule has 0 aliphatic rings. The second-order valence-corrected chi connectivity index (χ2v) is 5.69. The van der Waals surface area contributed by atoms with Gasteiger partial charge in [0.1, 0.15) is 5.82 Å². The van der Waals surface area contributed by atoms with Crippen molar-refractivity contribution in [3.63, 3.8) is 0 Å². The Balaban J connectivity index is 2.72. The van der Waals surface area contributed by atoms with Gasteiger partial charge in [-0.2, -0.15) is 0 Å². The molecule has 1 aromatic rings. The molecule has 5 nitrogen and oxygen atoms in total. The summed E-state index contributed by atoms with van der Waals surface area (Å²) in [5.41, 5.74) is 1.09. The van der Waals surface area contributed by atoms with Gasteiger partial charge in [-0.1, -0.05) is 27.7 Å². The number of hydrogen-bond donors (Lipinski definition) is 2. The lowest BCUT2D eigenvalue weighted by molar-refractivity contribution is 0.0948. The smallest absolute Gasteiger partial charge is 0.272 e. The number of anilines is 1. The molecule has 0 saturated heterocycles. The summed E-state index contributed by atoms with van der Waals surface area (Å²) in [4.78, 5) is 20.8. The standard InChI is InChI=1S/C15H26N4O/c1-10(2)7-6-8-17-15(20)13-12(16-5)9-18-14(19-13)11(3)4/h9-11,16H,6-8H2,1-5H3,(H,17,20). The molecule has 0 aliphatic carbocycles. The normalized spacial score (nSPS) is 10.9. The summed E-state index contributed by atoms with van der Waals surface area (Å²) in [6.07, 6.45) is 3.77. The van der Waals surface area contributed by atoms with Crippen molar-refractivity contribution in [2.45, 2.75) is 46.5 Å². The van der Waals surface area contributed by atoms with E-state index >= 15 is 0 Å². The number of aromatic nitrogens is 2. The Morgan fingerprint density at radius 2 is 2.00 bits per heavy atom. The van der Waals surface area contributed by atoms with E-state index in [9.17, 15) is 4.79 Å². The van der Waals surface area contributed by atoms with Gasteiger partial charge in [0, 0.05) is 19.5 Å². The van der Waals surface area contributed by atoms with Crippen LogP contribution in [0.3, 0.4) is 0 Å². The fourth-order valence-electron chi connectivity index (χ4n) is 1.83. The van der Waals surface area contributed by atoms with Crippen LogP contribution in [-0.4, -0.2) is 29.5 Å². The third kappa shape index (κ3) is 4.79. The van der Waals surface area contributed by atoms with Gasteiger partial charge >= 0.3 is 0 Å². The van der Waals surface area contributed by atoms with Gasteiger partial charge in [-0.3, -0.25) is 4.79 Å². The van der Waals surface area contributed by atoms with Crippen molar-refractivity contribution in [2.24, 2.45) is 5.92 Å². The maximum absolute atomic E-state index is 12.2. The van der Waals surface area contributed by atoms with Crippen LogP contribution in [0.4, 0.5) is 5.69 Å². The first-order valence-corrected chi connectivity index (χ1v) is 7.28. The zero-order valence-electron chi connectivity index (χ0n) is 13.2. The van der Waals surface area contributed by atoms with Crippen molar-refractivity contribution in [2.75, 3.05) is 18.9 Å². The Morgan fingerprint density at radius 1 is 1.30 bits per heavy atom. The maximum atomic E-state index is 12.2. The molecule has 0 spiro atoms. The average molecular weight is 278 g/mol. The highest BCUT2D eigenvalue weighted by molar-refractivity contribution is 5.97. The van der Waals surface area contributed by atoms with E-state index in [1.54, 1.807) is 13.2 Å². The fourth-order valence-corrected chi connectivity index (χ4v) is 1.83. The minimum absolute atomic E-state index is 0.137. The summed E-state index contributed by atoms with van der Waals surface area (Å²) >= 11 is 0. The molecule has 0 aromatic carbocycles. The molecule has 1 aromatic heterocycles. The lowest BCUT2D eigenvalue weighted by Gasteiger charge is -2.12. The fraction of sp³-hybridized carbons (Fsp3) is 0.667. The Hall–Kier alpha value is -1.65. The van der Waals surface area contributed by atoms with Gasteiger partial charge < -0.3 is 10.6 Å². The predicted molar refractivity (Wildman–Crippen MR) is 82.1 cm³/mol. The SMILES string of the molecule is CNc1cnc(C(C)C)nc1C(=O)NCCCC(C)C. The molecular formula is C15H26N4O. The molecule has 20 heavy (non-hydrogen) atoms. The van der Waals surface area contributed by atoms with Gasteiger partial charge in [0.2, 0.25) is 0 Å². The van der Waals surface area contributed by atoms with Crippen LogP contribution in [0, 0.1) is 5.92 Å². The molecule has 1 heterocycles. The van der Waals surface area contributed by atoms with E-state index in [0.717, 1.165) is 12.8 Å². The highest BCUT2D eigenvalue weighted by atomic mass is 16.1. The highest BCUT2D eigenvalue weighted by Crippen LogP contribution is 2.15. The van der Waals surface area contributed by atoms with Crippen LogP contribution in [0.1, 0.15) is 62.8 Å². The molecule has 0 radical (unpaired) electrons. The van der Waals surface area contributed by atoms with Crippen molar-refractivity contribution in [1.29, 1.82) is 0 Å². The summed E-state index contributed by atoms with van der Waals surface area (Å²) in [6, 6.07) is 0. The van der Waals surface area contributed by atoms with E-state index in [1.807, 2.05) is 13.8 Å². The Bertz CT molecular complexity index is 443. The largest absolute Gasteiger partial charge is 0.385 e. The van der Waals surface area contributed by atoms with Crippen molar-refractivity contribution in [3.8, 4) is 0 Å². The minimum atomic E-state index is -0.137. The topological polar surface area (TPSA) is 66.9 Å². The third-order valence-electron chi connectivity index (χ3n) is 3.05. The Kier molecular flexibility index (Phi) is 6.42. The number of rotatable bonds is 7. The van der Waals surface area contributed by atoms with Crippen LogP contribution in [0.2, 0.25) is 0 Å². The molecular weight excluding hydrogens is 252 g/mol. The monoisotopic (exact) mass is 278 g/mol. The van der Waals surface area contributed by atoms with Crippen LogP contribution in [0.15, 0.2) is 6.20 Å². The summed E-state index contributed by atoms with van der Waals surface area (Å²) in [5, 5.41) is 5.89. The van der Waals surface area contributed by atoms with Crippen LogP contribution in [0.25, 0.3) is 0 Å². The molecule has 2 N–H and O–H groups in total. The molecule has 0 aliphatic heterocycles. The Labute approximate surface area is 121 Å². The second-order valence-electron chi connectivity index (χ2n) is 5.69. The molecule has 1 amide bonds. The van der Waals surface area contributed by atoms with Crippen LogP contribution in [0.5, 0.6) is 0 Å². The van der Waals surface area contributed by atoms with Crippen molar-refractivity contribution >= 4 is 11.6 Å². The lowest BCUT2D eigenvalue weighted by Crippen LogP contribution is -2.27. The van der Waals surface area contributed by atoms with Gasteiger partial charge in [-0.25, -0.2) is 9.97 Å². The third-order valence-corrected chi connectivity index (χ3v) is 3.05. The van der Waals surface area contributed by atoms with Gasteiger partial charge in [-0.05, 0) is 18.8 Å². The molecule has 0 atom stereocenters. The van der Waals surface area contributed by atoms with Crippen molar-refractivity contribution in [1.82, 2.24) is 15.3 Å². The predicted octanol–water partition coefficient (Wildman–Crippen LogP) is 2.81. The zero-order valence-corrected chi connectivity index (χ0v) is 13.2. The van der Waals surface area contributed by atoms with E-state index in [1.165, 1.54) is 0 Å². The zero-order chi connectivity index (χ0) is 15.1. The van der Waals surface area contributed by atoms with Crippen molar-refractivity contribution in [3.05, 3.63) is 17.7 Å². The van der Waals surface area contributed by atoms with Crippen molar-refractivity contribution < 1.29 is 4.79 Å². The summed E-state index contributed by atoms with van der Waals surface area (Å²) in [7, 11) is 1.77. The first-order valence-electron chi connectivity index (χ1n) is 7.28. The van der Waals surface area contributed by atoms with Crippen LogP contribution < -0.4 is 10.6 Å². The molecule has 112 valence electrons. The first-order chi connectivity index (χ1) is 9.45. The molecule has 0 bridgehead atoms. The Morgan fingerprint density at radius 3 is 2.55 bits per heavy atom. The molecule has 0 unspecified atom stereocenters. The minimum Gasteiger partial charge on any atom is -0.385 e. The van der Waals surface area contributed by atoms with E-state index in [4.69, 9.17) is 0 Å². The number of carbonyl (C=O) groups excluding carboxylic acids is 1. The average Bonchev–Trinajstić information content (AvgIpc) is 2.42. The maximum Gasteiger partial charge on any atom is 0.272 e. The number of amides is 1. The van der Waals surface area contributed by atoms with Gasteiger partial charge in [0.05, 0.1) is 11.9 Å². The summed E-state index contributed by atoms with van der Waals surface area (Å²) in [5.74, 6) is 1.42. The van der Waals surface area contributed by atoms with E-state index in [2.05, 4.69) is 34.4 Å². The molecule has 1 rings (SSSR count). The summed E-state index contributed by atoms with van der Waals surface area (Å²) in [6.45, 7) is 9.07. The second kappa shape index (κ2) is 7.82. The summed E-state index contributed by atoms with van der Waals surface area (Å²) < 4.78 is 0.